The predicted molar refractivity (Wildman–Crippen MR) is 117 cm³/mol. The SMILES string of the molecule is CC(C)c1ccc(-n2nnnc2SCc2nc(N)nc(Nc3ccc(F)cc3)n2)cc1. The minimum Gasteiger partial charge on any atom is -0.368 e. The molecule has 0 bridgehead atoms. The second-order valence-corrected chi connectivity index (χ2v) is 7.92. The number of thioether (sulfide) groups is 1. The van der Waals surface area contributed by atoms with Crippen LogP contribution in [0.5, 0.6) is 0 Å². The Morgan fingerprint density at radius 2 is 1.77 bits per heavy atom. The molecule has 0 aliphatic heterocycles. The largest absolute Gasteiger partial charge is 0.368 e. The van der Waals surface area contributed by atoms with Crippen LogP contribution in [-0.4, -0.2) is 35.2 Å². The van der Waals surface area contributed by atoms with Crippen LogP contribution in [0.25, 0.3) is 5.69 Å². The molecule has 2 aromatic carbocycles. The van der Waals surface area contributed by atoms with Crippen molar-refractivity contribution in [2.24, 2.45) is 0 Å². The Morgan fingerprint density at radius 1 is 1.03 bits per heavy atom. The van der Waals surface area contributed by atoms with Crippen molar-refractivity contribution in [1.82, 2.24) is 35.2 Å². The van der Waals surface area contributed by atoms with E-state index in [2.05, 4.69) is 61.8 Å². The Labute approximate surface area is 182 Å². The van der Waals surface area contributed by atoms with Crippen LogP contribution in [0.1, 0.15) is 31.2 Å². The van der Waals surface area contributed by atoms with E-state index < -0.39 is 0 Å². The van der Waals surface area contributed by atoms with Crippen molar-refractivity contribution >= 4 is 29.3 Å². The number of hydrogen-bond acceptors (Lipinski definition) is 9. The number of hydrogen-bond donors (Lipinski definition) is 2. The molecule has 2 aromatic heterocycles. The van der Waals surface area contributed by atoms with E-state index in [0.717, 1.165) is 5.69 Å². The molecule has 2 heterocycles. The average molecular weight is 438 g/mol. The topological polar surface area (TPSA) is 120 Å². The van der Waals surface area contributed by atoms with Crippen LogP contribution in [0.2, 0.25) is 0 Å². The van der Waals surface area contributed by atoms with E-state index in [1.807, 2.05) is 12.1 Å². The molecular formula is C20H20FN9S. The molecule has 31 heavy (non-hydrogen) atoms. The van der Waals surface area contributed by atoms with Gasteiger partial charge in [-0.25, -0.2) is 4.39 Å². The molecule has 0 spiro atoms. The lowest BCUT2D eigenvalue weighted by Gasteiger charge is -2.08. The summed E-state index contributed by atoms with van der Waals surface area (Å²) in [6.07, 6.45) is 0. The molecule has 0 aliphatic carbocycles. The van der Waals surface area contributed by atoms with Gasteiger partial charge < -0.3 is 11.1 Å². The number of anilines is 3. The van der Waals surface area contributed by atoms with Crippen molar-refractivity contribution in [3.8, 4) is 5.69 Å². The lowest BCUT2D eigenvalue weighted by Crippen LogP contribution is -2.07. The summed E-state index contributed by atoms with van der Waals surface area (Å²) in [4.78, 5) is 12.6. The molecule has 0 saturated carbocycles. The molecule has 0 unspecified atom stereocenters. The number of rotatable bonds is 7. The average Bonchev–Trinajstić information content (AvgIpc) is 3.22. The number of nitrogens with two attached hydrogens (primary N) is 1. The van der Waals surface area contributed by atoms with Crippen molar-refractivity contribution in [3.63, 3.8) is 0 Å². The highest BCUT2D eigenvalue weighted by molar-refractivity contribution is 7.98. The first kappa shape index (κ1) is 20.7. The van der Waals surface area contributed by atoms with E-state index in [0.29, 0.717) is 28.3 Å². The molecule has 0 radical (unpaired) electrons. The van der Waals surface area contributed by atoms with E-state index in [-0.39, 0.29) is 17.7 Å². The molecule has 158 valence electrons. The standard InChI is InChI=1S/C20H20FN9S/c1-12(2)13-3-9-16(10-4-13)30-20(27-28-29-30)31-11-17-24-18(22)26-19(25-17)23-15-7-5-14(21)6-8-15/h3-10,12H,11H2,1-2H3,(H3,22,23,24,25,26). The zero-order valence-corrected chi connectivity index (χ0v) is 17.7. The number of aromatic nitrogens is 7. The summed E-state index contributed by atoms with van der Waals surface area (Å²) >= 11 is 1.38. The van der Waals surface area contributed by atoms with Crippen LogP contribution >= 0.6 is 11.8 Å². The Morgan fingerprint density at radius 3 is 2.48 bits per heavy atom. The lowest BCUT2D eigenvalue weighted by atomic mass is 10.0. The first-order valence-electron chi connectivity index (χ1n) is 9.52. The maximum Gasteiger partial charge on any atom is 0.232 e. The van der Waals surface area contributed by atoms with Crippen LogP contribution in [-0.2, 0) is 5.75 Å². The summed E-state index contributed by atoms with van der Waals surface area (Å²) in [5.74, 6) is 1.33. The quantitative estimate of drug-likeness (QED) is 0.417. The van der Waals surface area contributed by atoms with Gasteiger partial charge in [0.15, 0.2) is 0 Å². The Balaban J connectivity index is 1.48. The van der Waals surface area contributed by atoms with Gasteiger partial charge in [0.1, 0.15) is 11.6 Å². The molecular weight excluding hydrogens is 417 g/mol. The van der Waals surface area contributed by atoms with Gasteiger partial charge in [0.2, 0.25) is 17.1 Å². The van der Waals surface area contributed by atoms with Gasteiger partial charge in [0.05, 0.1) is 11.4 Å². The highest BCUT2D eigenvalue weighted by atomic mass is 32.2. The van der Waals surface area contributed by atoms with Gasteiger partial charge in [-0.05, 0) is 58.3 Å². The summed E-state index contributed by atoms with van der Waals surface area (Å²) in [7, 11) is 0. The highest BCUT2D eigenvalue weighted by Gasteiger charge is 2.12. The van der Waals surface area contributed by atoms with Gasteiger partial charge in [0, 0.05) is 5.69 Å². The maximum atomic E-state index is 13.1. The monoisotopic (exact) mass is 437 g/mol. The molecule has 0 fully saturated rings. The van der Waals surface area contributed by atoms with Gasteiger partial charge >= 0.3 is 0 Å². The maximum absolute atomic E-state index is 13.1. The van der Waals surface area contributed by atoms with Gasteiger partial charge in [-0.2, -0.15) is 19.6 Å². The van der Waals surface area contributed by atoms with Gasteiger partial charge in [-0.1, -0.05) is 37.7 Å². The number of halogens is 1. The van der Waals surface area contributed by atoms with Crippen LogP contribution < -0.4 is 11.1 Å². The first-order valence-corrected chi connectivity index (χ1v) is 10.5. The molecule has 4 rings (SSSR count). The van der Waals surface area contributed by atoms with Crippen LogP contribution in [0, 0.1) is 5.82 Å². The molecule has 4 aromatic rings. The minimum atomic E-state index is -0.325. The first-order chi connectivity index (χ1) is 15.0. The summed E-state index contributed by atoms with van der Waals surface area (Å²) in [5, 5.41) is 15.6. The molecule has 0 atom stereocenters. The van der Waals surface area contributed by atoms with Crippen molar-refractivity contribution in [1.29, 1.82) is 0 Å². The van der Waals surface area contributed by atoms with E-state index >= 15 is 0 Å². The van der Waals surface area contributed by atoms with E-state index in [1.54, 1.807) is 16.8 Å². The smallest absolute Gasteiger partial charge is 0.232 e. The van der Waals surface area contributed by atoms with Crippen molar-refractivity contribution < 1.29 is 4.39 Å². The lowest BCUT2D eigenvalue weighted by molar-refractivity contribution is 0.628. The Hall–Kier alpha value is -3.60. The summed E-state index contributed by atoms with van der Waals surface area (Å²) in [6, 6.07) is 14.0. The van der Waals surface area contributed by atoms with Crippen molar-refractivity contribution in [3.05, 3.63) is 65.7 Å². The Kier molecular flexibility index (Phi) is 6.03. The third-order valence-corrected chi connectivity index (χ3v) is 5.29. The molecule has 9 nitrogen and oxygen atoms in total. The Bertz CT molecular complexity index is 1160. The third-order valence-electron chi connectivity index (χ3n) is 4.37. The normalized spacial score (nSPS) is 11.1. The second kappa shape index (κ2) is 9.04. The second-order valence-electron chi connectivity index (χ2n) is 6.97. The van der Waals surface area contributed by atoms with E-state index in [4.69, 9.17) is 5.73 Å². The van der Waals surface area contributed by atoms with E-state index in [1.165, 1.54) is 29.5 Å². The number of nitrogen functional groups attached to an aromatic ring is 1. The molecule has 11 heteroatoms. The fourth-order valence-corrected chi connectivity index (χ4v) is 3.53. The molecule has 3 N–H and O–H groups in total. The minimum absolute atomic E-state index is 0.0825. The predicted octanol–water partition coefficient (Wildman–Crippen LogP) is 3.73. The fourth-order valence-electron chi connectivity index (χ4n) is 2.78. The molecule has 0 amide bonds. The highest BCUT2D eigenvalue weighted by Crippen LogP contribution is 2.23. The van der Waals surface area contributed by atoms with E-state index in [9.17, 15) is 4.39 Å². The van der Waals surface area contributed by atoms with Gasteiger partial charge in [0.25, 0.3) is 0 Å². The number of tetrazole rings is 1. The molecule has 0 saturated heterocycles. The molecule has 0 aliphatic rings. The third kappa shape index (κ3) is 5.12. The van der Waals surface area contributed by atoms with Crippen LogP contribution in [0.3, 0.4) is 0 Å². The zero-order valence-electron chi connectivity index (χ0n) is 16.9. The number of benzene rings is 2. The van der Waals surface area contributed by atoms with Crippen molar-refractivity contribution in [2.45, 2.75) is 30.7 Å². The fraction of sp³-hybridized carbons (Fsp3) is 0.200. The van der Waals surface area contributed by atoms with Gasteiger partial charge in [-0.3, -0.25) is 0 Å². The summed E-state index contributed by atoms with van der Waals surface area (Å²) in [6.45, 7) is 4.29. The van der Waals surface area contributed by atoms with Crippen LogP contribution in [0.4, 0.5) is 22.0 Å². The van der Waals surface area contributed by atoms with Gasteiger partial charge in [-0.15, -0.1) is 5.10 Å². The van der Waals surface area contributed by atoms with Crippen molar-refractivity contribution in [2.75, 3.05) is 11.1 Å². The summed E-state index contributed by atoms with van der Waals surface area (Å²) < 4.78 is 14.8. The van der Waals surface area contributed by atoms with Crippen LogP contribution in [0.15, 0.2) is 53.7 Å². The number of nitrogens with one attached hydrogen (secondary N) is 1. The summed E-state index contributed by atoms with van der Waals surface area (Å²) in [5.41, 5.74) is 8.58. The zero-order chi connectivity index (χ0) is 21.8. The number of nitrogens with zero attached hydrogens (tertiary/aromatic N) is 7.